The predicted molar refractivity (Wildman–Crippen MR) is 70.6 cm³/mol. The zero-order valence-corrected chi connectivity index (χ0v) is 12.6. The Kier molecular flexibility index (Phi) is 6.76. The Morgan fingerprint density at radius 2 is 1.89 bits per heavy atom. The third-order valence-corrected chi connectivity index (χ3v) is 4.44. The summed E-state index contributed by atoms with van der Waals surface area (Å²) >= 11 is 2.91. The lowest BCUT2D eigenvalue weighted by Gasteiger charge is -2.11. The third-order valence-electron chi connectivity index (χ3n) is 1.98. The topological polar surface area (TPSA) is 72.2 Å². The van der Waals surface area contributed by atoms with Crippen molar-refractivity contribution in [3.05, 3.63) is 28.2 Å². The summed E-state index contributed by atoms with van der Waals surface area (Å²) < 4.78 is 63.1. The molecule has 0 aliphatic rings. The molecule has 19 heavy (non-hydrogen) atoms. The van der Waals surface area contributed by atoms with E-state index < -0.39 is 26.7 Å². The molecule has 0 aliphatic carbocycles. The highest BCUT2D eigenvalue weighted by molar-refractivity contribution is 9.10. The van der Waals surface area contributed by atoms with Crippen molar-refractivity contribution in [2.75, 3.05) is 13.1 Å². The minimum atomic E-state index is -4.60. The van der Waals surface area contributed by atoms with E-state index in [2.05, 4.69) is 20.7 Å². The zero-order chi connectivity index (χ0) is 14.0. The van der Waals surface area contributed by atoms with Gasteiger partial charge in [-0.15, -0.1) is 12.4 Å². The highest BCUT2D eigenvalue weighted by Crippen LogP contribution is 2.33. The first-order valence-corrected chi connectivity index (χ1v) is 7.02. The molecule has 0 atom stereocenters. The van der Waals surface area contributed by atoms with Crippen LogP contribution >= 0.6 is 28.3 Å². The Morgan fingerprint density at radius 1 is 1.32 bits per heavy atom. The SMILES string of the molecule is Cl.NCCNS(=O)(=O)c1cc(C(F)(F)F)ccc1Br. The highest BCUT2D eigenvalue weighted by atomic mass is 79.9. The van der Waals surface area contributed by atoms with Crippen LogP contribution in [0.3, 0.4) is 0 Å². The summed E-state index contributed by atoms with van der Waals surface area (Å²) in [5.41, 5.74) is 4.10. The second kappa shape index (κ2) is 6.89. The normalized spacial score (nSPS) is 12.1. The van der Waals surface area contributed by atoms with Gasteiger partial charge in [0.1, 0.15) is 0 Å². The first-order valence-electron chi connectivity index (χ1n) is 4.75. The van der Waals surface area contributed by atoms with Gasteiger partial charge in [-0.05, 0) is 34.1 Å². The maximum atomic E-state index is 12.5. The van der Waals surface area contributed by atoms with E-state index in [1.54, 1.807) is 0 Å². The lowest BCUT2D eigenvalue weighted by molar-refractivity contribution is -0.137. The molecule has 110 valence electrons. The van der Waals surface area contributed by atoms with Crippen molar-refractivity contribution in [3.63, 3.8) is 0 Å². The fraction of sp³-hybridized carbons (Fsp3) is 0.333. The summed E-state index contributed by atoms with van der Waals surface area (Å²) in [6.45, 7) is 0.000823. The molecule has 0 aliphatic heterocycles. The van der Waals surface area contributed by atoms with Gasteiger partial charge < -0.3 is 5.73 Å². The van der Waals surface area contributed by atoms with Gasteiger partial charge >= 0.3 is 6.18 Å². The van der Waals surface area contributed by atoms with Gasteiger partial charge in [0, 0.05) is 17.6 Å². The van der Waals surface area contributed by atoms with Gasteiger partial charge in [0.2, 0.25) is 10.0 Å². The van der Waals surface area contributed by atoms with Crippen LogP contribution in [-0.2, 0) is 16.2 Å². The molecule has 0 unspecified atom stereocenters. The van der Waals surface area contributed by atoms with Gasteiger partial charge in [-0.1, -0.05) is 0 Å². The first kappa shape index (κ1) is 18.7. The number of alkyl halides is 3. The van der Waals surface area contributed by atoms with Gasteiger partial charge in [0.15, 0.2) is 0 Å². The van der Waals surface area contributed by atoms with Gasteiger partial charge in [0.25, 0.3) is 0 Å². The molecule has 10 heteroatoms. The molecule has 0 bridgehead atoms. The fourth-order valence-corrected chi connectivity index (χ4v) is 3.19. The van der Waals surface area contributed by atoms with Crippen molar-refractivity contribution in [2.45, 2.75) is 11.1 Å². The number of rotatable bonds is 4. The Morgan fingerprint density at radius 3 is 2.37 bits per heavy atom. The van der Waals surface area contributed by atoms with Crippen LogP contribution in [0.1, 0.15) is 5.56 Å². The second-order valence-electron chi connectivity index (χ2n) is 3.33. The molecule has 0 aromatic heterocycles. The number of hydrogen-bond donors (Lipinski definition) is 2. The number of nitrogens with two attached hydrogens (primary N) is 1. The van der Waals surface area contributed by atoms with Crippen LogP contribution in [0.5, 0.6) is 0 Å². The van der Waals surface area contributed by atoms with Crippen LogP contribution < -0.4 is 10.5 Å². The van der Waals surface area contributed by atoms with Crippen molar-refractivity contribution in [2.24, 2.45) is 5.73 Å². The Bertz CT molecular complexity index is 537. The summed E-state index contributed by atoms with van der Waals surface area (Å²) in [5.74, 6) is 0. The second-order valence-corrected chi connectivity index (χ2v) is 5.92. The van der Waals surface area contributed by atoms with Crippen LogP contribution in [0.4, 0.5) is 13.2 Å². The van der Waals surface area contributed by atoms with E-state index in [4.69, 9.17) is 5.73 Å². The maximum absolute atomic E-state index is 12.5. The smallest absolute Gasteiger partial charge is 0.329 e. The lowest BCUT2D eigenvalue weighted by Crippen LogP contribution is -2.29. The number of halogens is 5. The largest absolute Gasteiger partial charge is 0.416 e. The maximum Gasteiger partial charge on any atom is 0.416 e. The van der Waals surface area contributed by atoms with E-state index in [0.29, 0.717) is 6.07 Å². The molecule has 4 nitrogen and oxygen atoms in total. The molecule has 1 aromatic carbocycles. The number of hydrogen-bond acceptors (Lipinski definition) is 3. The average molecular weight is 384 g/mol. The lowest BCUT2D eigenvalue weighted by atomic mass is 10.2. The van der Waals surface area contributed by atoms with Crippen LogP contribution in [0.2, 0.25) is 0 Å². The third kappa shape index (κ3) is 4.92. The van der Waals surface area contributed by atoms with Gasteiger partial charge in [-0.3, -0.25) is 0 Å². The van der Waals surface area contributed by atoms with Gasteiger partial charge in [-0.25, -0.2) is 13.1 Å². The molecular weight excluding hydrogens is 373 g/mol. The molecule has 0 spiro atoms. The monoisotopic (exact) mass is 382 g/mol. The predicted octanol–water partition coefficient (Wildman–Crippen LogP) is 2.13. The summed E-state index contributed by atoms with van der Waals surface area (Å²) in [4.78, 5) is -0.467. The van der Waals surface area contributed by atoms with Crippen molar-refractivity contribution in [3.8, 4) is 0 Å². The number of nitrogens with one attached hydrogen (secondary N) is 1. The molecule has 0 amide bonds. The standard InChI is InChI=1S/C9H10BrF3N2O2S.ClH/c10-7-2-1-6(9(11,12)13)5-8(7)18(16,17)15-4-3-14;/h1-2,5,15H,3-4,14H2;1H. The minimum Gasteiger partial charge on any atom is -0.329 e. The Hall–Kier alpha value is -0.350. The van der Waals surface area contributed by atoms with Crippen molar-refractivity contribution in [1.29, 1.82) is 0 Å². The summed E-state index contributed by atoms with van der Waals surface area (Å²) in [6.07, 6.45) is -4.60. The van der Waals surface area contributed by atoms with E-state index in [-0.39, 0.29) is 30.0 Å². The van der Waals surface area contributed by atoms with Gasteiger partial charge in [-0.2, -0.15) is 13.2 Å². The van der Waals surface area contributed by atoms with E-state index in [0.717, 1.165) is 12.1 Å². The average Bonchev–Trinajstić information content (AvgIpc) is 2.25. The number of benzene rings is 1. The van der Waals surface area contributed by atoms with Crippen molar-refractivity contribution in [1.82, 2.24) is 4.72 Å². The summed E-state index contributed by atoms with van der Waals surface area (Å²) in [6, 6.07) is 2.41. The fourth-order valence-electron chi connectivity index (χ4n) is 1.16. The molecule has 0 saturated heterocycles. The van der Waals surface area contributed by atoms with Crippen molar-refractivity contribution >= 4 is 38.4 Å². The van der Waals surface area contributed by atoms with E-state index >= 15 is 0 Å². The van der Waals surface area contributed by atoms with Crippen molar-refractivity contribution < 1.29 is 21.6 Å². The Balaban J connectivity index is 0.00000324. The quantitative estimate of drug-likeness (QED) is 0.836. The molecule has 0 fully saturated rings. The van der Waals surface area contributed by atoms with Crippen LogP contribution in [-0.4, -0.2) is 21.5 Å². The molecule has 0 heterocycles. The van der Waals surface area contributed by atoms with Crippen LogP contribution in [0.25, 0.3) is 0 Å². The van der Waals surface area contributed by atoms with Crippen LogP contribution in [0, 0.1) is 0 Å². The molecule has 0 saturated carbocycles. The summed E-state index contributed by atoms with van der Waals surface area (Å²) in [5, 5.41) is 0. The zero-order valence-electron chi connectivity index (χ0n) is 9.37. The first-order chi connectivity index (χ1) is 8.18. The highest BCUT2D eigenvalue weighted by Gasteiger charge is 2.32. The van der Waals surface area contributed by atoms with E-state index in [1.807, 2.05) is 0 Å². The Labute approximate surface area is 123 Å². The van der Waals surface area contributed by atoms with E-state index in [1.165, 1.54) is 0 Å². The summed E-state index contributed by atoms with van der Waals surface area (Å²) in [7, 11) is -4.01. The molecule has 3 N–H and O–H groups in total. The molecule has 1 rings (SSSR count). The van der Waals surface area contributed by atoms with Crippen LogP contribution in [0.15, 0.2) is 27.6 Å². The number of sulfonamides is 1. The molecule has 0 radical (unpaired) electrons. The molecule has 1 aromatic rings. The minimum absolute atomic E-state index is 0. The van der Waals surface area contributed by atoms with Gasteiger partial charge in [0.05, 0.1) is 10.5 Å². The molecular formula is C9H11BrClF3N2O2S. The van der Waals surface area contributed by atoms with E-state index in [9.17, 15) is 21.6 Å².